The highest BCUT2D eigenvalue weighted by molar-refractivity contribution is 9.10. The number of hydrogen-bond donors (Lipinski definition) is 0. The predicted octanol–water partition coefficient (Wildman–Crippen LogP) is 4.06. The van der Waals surface area contributed by atoms with Crippen molar-refractivity contribution in [3.63, 3.8) is 0 Å². The third-order valence-electron chi connectivity index (χ3n) is 4.21. The molecule has 0 aliphatic rings. The summed E-state index contributed by atoms with van der Waals surface area (Å²) in [4.78, 5) is 14.6. The Morgan fingerprint density at radius 3 is 2.31 bits per heavy atom. The fourth-order valence-corrected chi connectivity index (χ4v) is 4.58. The molecule has 7 heteroatoms. The monoisotopic (exact) mass is 438 g/mol. The van der Waals surface area contributed by atoms with Crippen molar-refractivity contribution in [1.82, 2.24) is 4.31 Å². The van der Waals surface area contributed by atoms with Crippen LogP contribution in [0.25, 0.3) is 0 Å². The van der Waals surface area contributed by atoms with Crippen LogP contribution in [0.1, 0.15) is 29.8 Å². The Morgan fingerprint density at radius 1 is 1.08 bits per heavy atom. The number of carbonyl (C=O) groups excluding carboxylic acids is 1. The molecule has 1 amide bonds. The summed E-state index contributed by atoms with van der Waals surface area (Å²) in [5, 5.41) is 0. The Hall–Kier alpha value is -1.70. The first kappa shape index (κ1) is 20.6. The van der Waals surface area contributed by atoms with Crippen molar-refractivity contribution >= 4 is 37.5 Å². The smallest absolute Gasteiger partial charge is 0.259 e. The minimum absolute atomic E-state index is 0.116. The summed E-state index contributed by atoms with van der Waals surface area (Å²) in [6.07, 6.45) is 0. The van der Waals surface area contributed by atoms with Gasteiger partial charge in [0.25, 0.3) is 5.91 Å². The van der Waals surface area contributed by atoms with E-state index in [2.05, 4.69) is 15.9 Å². The Labute approximate surface area is 163 Å². The average Bonchev–Trinajstić information content (AvgIpc) is 2.61. The minimum Gasteiger partial charge on any atom is -0.311 e. The number of halogens is 1. The van der Waals surface area contributed by atoms with Crippen LogP contribution >= 0.6 is 15.9 Å². The molecule has 0 atom stereocenters. The van der Waals surface area contributed by atoms with Crippen LogP contribution in [-0.4, -0.2) is 38.8 Å². The van der Waals surface area contributed by atoms with E-state index in [-0.39, 0.29) is 10.8 Å². The number of benzene rings is 2. The van der Waals surface area contributed by atoms with Crippen LogP contribution in [0.15, 0.2) is 51.8 Å². The molecule has 0 bridgehead atoms. The van der Waals surface area contributed by atoms with E-state index in [4.69, 9.17) is 0 Å². The van der Waals surface area contributed by atoms with Gasteiger partial charge in [-0.1, -0.05) is 26.0 Å². The predicted molar refractivity (Wildman–Crippen MR) is 108 cm³/mol. The lowest BCUT2D eigenvalue weighted by Crippen LogP contribution is -2.31. The molecule has 0 spiro atoms. The third-order valence-corrected chi connectivity index (χ3v) is 6.94. The van der Waals surface area contributed by atoms with Crippen LogP contribution in [0.2, 0.25) is 0 Å². The lowest BCUT2D eigenvalue weighted by atomic mass is 10.1. The van der Waals surface area contributed by atoms with Gasteiger partial charge in [-0.15, -0.1) is 0 Å². The van der Waals surface area contributed by atoms with E-state index in [1.54, 1.807) is 27.0 Å². The van der Waals surface area contributed by atoms with Gasteiger partial charge < -0.3 is 4.90 Å². The summed E-state index contributed by atoms with van der Waals surface area (Å²) in [6, 6.07) is 12.1. The highest BCUT2D eigenvalue weighted by atomic mass is 79.9. The zero-order chi connectivity index (χ0) is 19.5. The van der Waals surface area contributed by atoms with Crippen molar-refractivity contribution in [2.24, 2.45) is 0 Å². The topological polar surface area (TPSA) is 57.7 Å². The highest BCUT2D eigenvalue weighted by Crippen LogP contribution is 2.26. The Bertz CT molecular complexity index is 909. The summed E-state index contributed by atoms with van der Waals surface area (Å²) in [5.41, 5.74) is 2.10. The van der Waals surface area contributed by atoms with Crippen molar-refractivity contribution in [2.75, 3.05) is 25.0 Å². The van der Waals surface area contributed by atoms with E-state index in [1.165, 1.54) is 21.3 Å². The van der Waals surface area contributed by atoms with Crippen LogP contribution < -0.4 is 4.90 Å². The maximum atomic E-state index is 13.0. The number of aryl methyl sites for hydroxylation is 1. The number of anilines is 1. The number of rotatable bonds is 6. The van der Waals surface area contributed by atoms with Crippen molar-refractivity contribution < 1.29 is 13.2 Å². The molecular weight excluding hydrogens is 416 g/mol. The number of sulfonamides is 1. The van der Waals surface area contributed by atoms with Gasteiger partial charge in [0, 0.05) is 30.3 Å². The molecule has 5 nitrogen and oxygen atoms in total. The molecule has 2 aromatic carbocycles. The van der Waals surface area contributed by atoms with Gasteiger partial charge in [0.15, 0.2) is 0 Å². The lowest BCUT2D eigenvalue weighted by Gasteiger charge is -2.21. The number of carbonyl (C=O) groups is 1. The number of hydrogen-bond acceptors (Lipinski definition) is 3. The molecule has 0 radical (unpaired) electrons. The molecule has 0 saturated heterocycles. The first-order valence-electron chi connectivity index (χ1n) is 8.36. The van der Waals surface area contributed by atoms with Crippen LogP contribution in [0.4, 0.5) is 5.69 Å². The number of amides is 1. The van der Waals surface area contributed by atoms with Crippen molar-refractivity contribution in [3.8, 4) is 0 Å². The molecule has 0 aliphatic carbocycles. The molecule has 0 saturated carbocycles. The summed E-state index contributed by atoms with van der Waals surface area (Å²) in [6.45, 7) is 6.28. The minimum atomic E-state index is -3.63. The summed E-state index contributed by atoms with van der Waals surface area (Å²) in [7, 11) is -1.95. The van der Waals surface area contributed by atoms with E-state index in [0.717, 1.165) is 11.3 Å². The van der Waals surface area contributed by atoms with Gasteiger partial charge in [-0.05, 0) is 58.7 Å². The molecule has 0 fully saturated rings. The second-order valence-corrected chi connectivity index (χ2v) is 8.73. The zero-order valence-electron chi connectivity index (χ0n) is 15.4. The zero-order valence-corrected chi connectivity index (χ0v) is 17.8. The second kappa shape index (κ2) is 8.33. The van der Waals surface area contributed by atoms with Crippen molar-refractivity contribution in [1.29, 1.82) is 0 Å². The van der Waals surface area contributed by atoms with Gasteiger partial charge >= 0.3 is 0 Å². The highest BCUT2D eigenvalue weighted by Gasteiger charge is 2.25. The van der Waals surface area contributed by atoms with Gasteiger partial charge in [0.1, 0.15) is 0 Å². The van der Waals surface area contributed by atoms with Crippen LogP contribution in [0, 0.1) is 6.92 Å². The van der Waals surface area contributed by atoms with E-state index in [1.807, 2.05) is 31.2 Å². The van der Waals surface area contributed by atoms with Gasteiger partial charge in [-0.3, -0.25) is 4.79 Å². The molecule has 140 valence electrons. The maximum Gasteiger partial charge on any atom is 0.259 e. The molecule has 0 heterocycles. The fraction of sp³-hybridized carbons (Fsp3) is 0.316. The molecule has 0 N–H and O–H groups in total. The van der Waals surface area contributed by atoms with Crippen LogP contribution in [0.5, 0.6) is 0 Å². The summed E-state index contributed by atoms with van der Waals surface area (Å²) >= 11 is 3.37. The first-order chi connectivity index (χ1) is 12.2. The van der Waals surface area contributed by atoms with E-state index in [9.17, 15) is 13.2 Å². The van der Waals surface area contributed by atoms with E-state index in [0.29, 0.717) is 23.1 Å². The molecule has 2 rings (SSSR count). The second-order valence-electron chi connectivity index (χ2n) is 5.93. The SMILES string of the molecule is CCN(CC)S(=O)(=O)c1ccc(Br)c(C(=O)N(C)c2cccc(C)c2)c1. The molecular formula is C19H23BrN2O3S. The Morgan fingerprint density at radius 2 is 1.73 bits per heavy atom. The molecule has 0 unspecified atom stereocenters. The lowest BCUT2D eigenvalue weighted by molar-refractivity contribution is 0.0992. The largest absolute Gasteiger partial charge is 0.311 e. The molecule has 26 heavy (non-hydrogen) atoms. The fourth-order valence-electron chi connectivity index (χ4n) is 2.68. The molecule has 0 aliphatic heterocycles. The van der Waals surface area contributed by atoms with E-state index < -0.39 is 10.0 Å². The third kappa shape index (κ3) is 4.16. The van der Waals surface area contributed by atoms with Crippen LogP contribution in [0.3, 0.4) is 0 Å². The quantitative estimate of drug-likeness (QED) is 0.682. The number of nitrogens with zero attached hydrogens (tertiary/aromatic N) is 2. The average molecular weight is 439 g/mol. The molecule has 2 aromatic rings. The van der Waals surface area contributed by atoms with Gasteiger partial charge in [-0.2, -0.15) is 4.31 Å². The van der Waals surface area contributed by atoms with E-state index >= 15 is 0 Å². The molecule has 0 aromatic heterocycles. The van der Waals surface area contributed by atoms with Crippen LogP contribution in [-0.2, 0) is 10.0 Å². The van der Waals surface area contributed by atoms with Crippen molar-refractivity contribution in [2.45, 2.75) is 25.7 Å². The maximum absolute atomic E-state index is 13.0. The van der Waals surface area contributed by atoms with Gasteiger partial charge in [0.2, 0.25) is 10.0 Å². The standard InChI is InChI=1S/C19H23BrN2O3S/c1-5-22(6-2)26(24,25)16-10-11-18(20)17(13-16)19(23)21(4)15-9-7-8-14(3)12-15/h7-13H,5-6H2,1-4H3. The normalized spacial score (nSPS) is 11.6. The van der Waals surface area contributed by atoms with Gasteiger partial charge in [0.05, 0.1) is 10.5 Å². The Balaban J connectivity index is 2.45. The Kier molecular flexibility index (Phi) is 6.60. The summed E-state index contributed by atoms with van der Waals surface area (Å²) in [5.74, 6) is -0.279. The van der Waals surface area contributed by atoms with Gasteiger partial charge in [-0.25, -0.2) is 8.42 Å². The summed E-state index contributed by atoms with van der Waals surface area (Å²) < 4.78 is 27.4. The van der Waals surface area contributed by atoms with Crippen molar-refractivity contribution in [3.05, 3.63) is 58.1 Å². The first-order valence-corrected chi connectivity index (χ1v) is 10.6.